The minimum atomic E-state index is -0.527. The van der Waals surface area contributed by atoms with Gasteiger partial charge in [0.1, 0.15) is 6.61 Å². The molecule has 0 spiro atoms. The molecular weight excluding hydrogens is 412 g/mol. The maximum atomic E-state index is 12.5. The minimum Gasteiger partial charge on any atom is -0.490 e. The number of nitrogens with zero attached hydrogens (tertiary/aromatic N) is 1. The van der Waals surface area contributed by atoms with Crippen molar-refractivity contribution in [1.82, 2.24) is 4.90 Å². The van der Waals surface area contributed by atoms with Crippen LogP contribution in [0, 0.1) is 0 Å². The van der Waals surface area contributed by atoms with Gasteiger partial charge >= 0.3 is 5.97 Å². The highest BCUT2D eigenvalue weighted by atomic mass is 16.5. The molecule has 0 atom stereocenters. The number of likely N-dealkylation sites (tertiary alicyclic amines) is 1. The van der Waals surface area contributed by atoms with Crippen LogP contribution in [-0.4, -0.2) is 49.0 Å². The van der Waals surface area contributed by atoms with Crippen LogP contribution >= 0.6 is 0 Å². The second-order valence-corrected chi connectivity index (χ2v) is 7.46. The van der Waals surface area contributed by atoms with E-state index in [9.17, 15) is 14.4 Å². The first kappa shape index (κ1) is 23.1. The Morgan fingerprint density at radius 2 is 1.59 bits per heavy atom. The van der Waals surface area contributed by atoms with Crippen molar-refractivity contribution in [3.8, 4) is 11.5 Å². The number of carbonyl (C=O) groups excluding carboxylic acids is 3. The van der Waals surface area contributed by atoms with Gasteiger partial charge in [-0.15, -0.1) is 0 Å². The zero-order chi connectivity index (χ0) is 22.9. The van der Waals surface area contributed by atoms with Gasteiger partial charge in [-0.3, -0.25) is 9.59 Å². The van der Waals surface area contributed by atoms with Gasteiger partial charge in [0.05, 0.1) is 12.2 Å². The number of esters is 1. The number of primary amides is 1. The highest BCUT2D eigenvalue weighted by Crippen LogP contribution is 2.29. The number of benzene rings is 2. The van der Waals surface area contributed by atoms with Crippen molar-refractivity contribution in [2.24, 2.45) is 5.73 Å². The van der Waals surface area contributed by atoms with Crippen molar-refractivity contribution in [1.29, 1.82) is 0 Å². The summed E-state index contributed by atoms with van der Waals surface area (Å²) in [5, 5.41) is 0. The minimum absolute atomic E-state index is 0.0461. The zero-order valence-corrected chi connectivity index (χ0v) is 18.2. The van der Waals surface area contributed by atoms with Crippen molar-refractivity contribution in [2.45, 2.75) is 32.8 Å². The molecule has 170 valence electrons. The SMILES string of the molecule is CCOc1cc(C(=O)OCc2ccc(C(N)=O)cc2)ccc1OCC(=O)N1CCCCC1. The van der Waals surface area contributed by atoms with Gasteiger partial charge in [0.25, 0.3) is 5.91 Å². The van der Waals surface area contributed by atoms with Crippen LogP contribution < -0.4 is 15.2 Å². The molecule has 8 heteroatoms. The molecule has 32 heavy (non-hydrogen) atoms. The Hall–Kier alpha value is -3.55. The van der Waals surface area contributed by atoms with Gasteiger partial charge in [0.15, 0.2) is 18.1 Å². The topological polar surface area (TPSA) is 108 Å². The predicted octanol–water partition coefficient (Wildman–Crippen LogP) is 2.93. The lowest BCUT2D eigenvalue weighted by atomic mass is 10.1. The Balaban J connectivity index is 1.60. The monoisotopic (exact) mass is 440 g/mol. The molecule has 0 bridgehead atoms. The van der Waals surface area contributed by atoms with Crippen molar-refractivity contribution >= 4 is 17.8 Å². The highest BCUT2D eigenvalue weighted by molar-refractivity contribution is 5.92. The summed E-state index contributed by atoms with van der Waals surface area (Å²) < 4.78 is 16.6. The van der Waals surface area contributed by atoms with Crippen LogP contribution in [0.5, 0.6) is 11.5 Å². The van der Waals surface area contributed by atoms with E-state index in [-0.39, 0.29) is 19.1 Å². The van der Waals surface area contributed by atoms with Crippen molar-refractivity contribution in [3.05, 3.63) is 59.2 Å². The number of rotatable bonds is 9. The maximum absolute atomic E-state index is 12.5. The Kier molecular flexibility index (Phi) is 8.08. The average molecular weight is 440 g/mol. The van der Waals surface area contributed by atoms with E-state index in [2.05, 4.69) is 0 Å². The fraction of sp³-hybridized carbons (Fsp3) is 0.375. The summed E-state index contributed by atoms with van der Waals surface area (Å²) in [5.41, 5.74) is 6.64. The average Bonchev–Trinajstić information content (AvgIpc) is 2.82. The Bertz CT molecular complexity index is 951. The Morgan fingerprint density at radius 1 is 0.906 bits per heavy atom. The normalized spacial score (nSPS) is 13.3. The van der Waals surface area contributed by atoms with Crippen LogP contribution in [0.1, 0.15) is 52.5 Å². The molecule has 1 heterocycles. The number of carbonyl (C=O) groups is 3. The number of piperidine rings is 1. The molecule has 0 saturated carbocycles. The summed E-state index contributed by atoms with van der Waals surface area (Å²) in [4.78, 5) is 37.8. The van der Waals surface area contributed by atoms with Gasteiger partial charge in [-0.05, 0) is 62.1 Å². The van der Waals surface area contributed by atoms with E-state index in [1.165, 1.54) is 0 Å². The lowest BCUT2D eigenvalue weighted by molar-refractivity contribution is -0.134. The number of hydrogen-bond acceptors (Lipinski definition) is 6. The summed E-state index contributed by atoms with van der Waals surface area (Å²) in [6, 6.07) is 11.2. The molecule has 2 N–H and O–H groups in total. The molecule has 2 aromatic carbocycles. The zero-order valence-electron chi connectivity index (χ0n) is 18.2. The van der Waals surface area contributed by atoms with E-state index in [4.69, 9.17) is 19.9 Å². The van der Waals surface area contributed by atoms with E-state index in [0.29, 0.717) is 29.2 Å². The van der Waals surface area contributed by atoms with Gasteiger partial charge in [-0.25, -0.2) is 4.79 Å². The highest BCUT2D eigenvalue weighted by Gasteiger charge is 2.19. The molecule has 1 fully saturated rings. The fourth-order valence-corrected chi connectivity index (χ4v) is 3.39. The first-order valence-corrected chi connectivity index (χ1v) is 10.7. The van der Waals surface area contributed by atoms with Crippen LogP contribution in [0.4, 0.5) is 0 Å². The summed E-state index contributed by atoms with van der Waals surface area (Å²) >= 11 is 0. The molecule has 2 aromatic rings. The number of hydrogen-bond donors (Lipinski definition) is 1. The molecule has 3 rings (SSSR count). The first-order valence-electron chi connectivity index (χ1n) is 10.7. The molecule has 1 saturated heterocycles. The molecule has 0 aromatic heterocycles. The van der Waals surface area contributed by atoms with Crippen LogP contribution in [0.2, 0.25) is 0 Å². The smallest absolute Gasteiger partial charge is 0.338 e. The molecular formula is C24H28N2O6. The van der Waals surface area contributed by atoms with Crippen molar-refractivity contribution in [2.75, 3.05) is 26.3 Å². The molecule has 1 aliphatic heterocycles. The molecule has 2 amide bonds. The largest absolute Gasteiger partial charge is 0.490 e. The number of ether oxygens (including phenoxy) is 3. The summed E-state index contributed by atoms with van der Waals surface area (Å²) in [6.45, 7) is 3.69. The molecule has 8 nitrogen and oxygen atoms in total. The van der Waals surface area contributed by atoms with Crippen LogP contribution in [-0.2, 0) is 16.1 Å². The van der Waals surface area contributed by atoms with Gasteiger partial charge < -0.3 is 24.8 Å². The fourth-order valence-electron chi connectivity index (χ4n) is 3.39. The third-order valence-electron chi connectivity index (χ3n) is 5.15. The van der Waals surface area contributed by atoms with Gasteiger partial charge in [-0.2, -0.15) is 0 Å². The van der Waals surface area contributed by atoms with Crippen LogP contribution in [0.25, 0.3) is 0 Å². The number of amides is 2. The number of nitrogens with two attached hydrogens (primary N) is 1. The third kappa shape index (κ3) is 6.23. The van der Waals surface area contributed by atoms with Crippen LogP contribution in [0.15, 0.2) is 42.5 Å². The van der Waals surface area contributed by atoms with Gasteiger partial charge in [0.2, 0.25) is 5.91 Å². The molecule has 0 aliphatic carbocycles. The Morgan fingerprint density at radius 3 is 2.25 bits per heavy atom. The molecule has 1 aliphatic rings. The third-order valence-corrected chi connectivity index (χ3v) is 5.15. The second-order valence-electron chi connectivity index (χ2n) is 7.46. The van der Waals surface area contributed by atoms with E-state index >= 15 is 0 Å². The van der Waals surface area contributed by atoms with E-state index in [1.54, 1.807) is 42.5 Å². The van der Waals surface area contributed by atoms with Crippen LogP contribution in [0.3, 0.4) is 0 Å². The molecule has 0 radical (unpaired) electrons. The standard InChI is InChI=1S/C24H28N2O6/c1-2-30-21-14-19(24(29)32-15-17-6-8-18(9-7-17)23(25)28)10-11-20(21)31-16-22(27)26-12-4-3-5-13-26/h6-11,14H,2-5,12-13,15-16H2,1H3,(H2,25,28). The second kappa shape index (κ2) is 11.2. The van der Waals surface area contributed by atoms with Gasteiger partial charge in [-0.1, -0.05) is 12.1 Å². The van der Waals surface area contributed by atoms with Crippen molar-refractivity contribution in [3.63, 3.8) is 0 Å². The van der Waals surface area contributed by atoms with Crippen molar-refractivity contribution < 1.29 is 28.6 Å². The first-order chi connectivity index (χ1) is 15.5. The predicted molar refractivity (Wildman–Crippen MR) is 118 cm³/mol. The summed E-state index contributed by atoms with van der Waals surface area (Å²) in [7, 11) is 0. The quantitative estimate of drug-likeness (QED) is 0.601. The van der Waals surface area contributed by atoms with E-state index in [0.717, 1.165) is 37.9 Å². The van der Waals surface area contributed by atoms with Gasteiger partial charge in [0, 0.05) is 18.7 Å². The lowest BCUT2D eigenvalue weighted by Crippen LogP contribution is -2.38. The maximum Gasteiger partial charge on any atom is 0.338 e. The summed E-state index contributed by atoms with van der Waals surface area (Å²) in [6.07, 6.45) is 3.18. The van der Waals surface area contributed by atoms with E-state index < -0.39 is 11.9 Å². The molecule has 0 unspecified atom stereocenters. The summed E-state index contributed by atoms with van der Waals surface area (Å²) in [5.74, 6) is -0.328. The Labute approximate surface area is 187 Å². The lowest BCUT2D eigenvalue weighted by Gasteiger charge is -2.26. The van der Waals surface area contributed by atoms with E-state index in [1.807, 2.05) is 11.8 Å².